The van der Waals surface area contributed by atoms with Gasteiger partial charge in [0.05, 0.1) is 0 Å². The number of rotatable bonds is 7. The molecule has 130 valence electrons. The number of aliphatic hydroxyl groups excluding tert-OH is 1. The Morgan fingerprint density at radius 1 is 0.960 bits per heavy atom. The summed E-state index contributed by atoms with van der Waals surface area (Å²) < 4.78 is 7.67. The zero-order valence-corrected chi connectivity index (χ0v) is 16.2. The second-order valence-corrected chi connectivity index (χ2v) is 8.45. The van der Waals surface area contributed by atoms with Gasteiger partial charge in [-0.05, 0) is 0 Å². The Bertz CT molecular complexity index is 845. The summed E-state index contributed by atoms with van der Waals surface area (Å²) in [6, 6.07) is 14.4. The summed E-state index contributed by atoms with van der Waals surface area (Å²) in [5, 5.41) is 18.0. The van der Waals surface area contributed by atoms with Crippen molar-refractivity contribution in [2.75, 3.05) is 7.11 Å². The van der Waals surface area contributed by atoms with E-state index in [0.717, 1.165) is 35.1 Å². The minimum atomic E-state index is 0.0779. The van der Waals surface area contributed by atoms with Crippen molar-refractivity contribution in [1.82, 2.24) is 10.2 Å². The Morgan fingerprint density at radius 3 is 2.52 bits per heavy atom. The number of nitrogens with zero attached hydrogens (tertiary/aromatic N) is 2. The predicted octanol–water partition coefficient (Wildman–Crippen LogP) is 2.72. The number of aliphatic hydroxyl groups is 1. The van der Waals surface area contributed by atoms with Crippen molar-refractivity contribution in [3.63, 3.8) is 0 Å². The Morgan fingerprint density at radius 2 is 1.76 bits per heavy atom. The van der Waals surface area contributed by atoms with E-state index in [4.69, 9.17) is 4.74 Å². The van der Waals surface area contributed by atoms with Gasteiger partial charge in [-0.1, -0.05) is 0 Å². The van der Waals surface area contributed by atoms with Gasteiger partial charge < -0.3 is 0 Å². The van der Waals surface area contributed by atoms with Crippen molar-refractivity contribution < 1.29 is 9.84 Å². The third-order valence-corrected chi connectivity index (χ3v) is 6.19. The standard InChI is InChI=1S/C20H22N2O2Se/c1-14-10-15(6-8-18(14)24-2)7-9-19-21-22-20(25-19)12-16-4-3-5-17(11-16)13-23/h3-6,8,10-11,23H,7,9,12-13H2,1-2H3. The molecular weight excluding hydrogens is 379 g/mol. The fourth-order valence-electron chi connectivity index (χ4n) is 2.82. The molecule has 1 heterocycles. The first kappa shape index (κ1) is 17.9. The first-order valence-electron chi connectivity index (χ1n) is 8.31. The zero-order valence-electron chi connectivity index (χ0n) is 14.5. The summed E-state index contributed by atoms with van der Waals surface area (Å²) in [5.41, 5.74) is 4.61. The van der Waals surface area contributed by atoms with E-state index in [-0.39, 0.29) is 21.1 Å². The van der Waals surface area contributed by atoms with Crippen LogP contribution in [-0.4, -0.2) is 36.9 Å². The van der Waals surface area contributed by atoms with E-state index in [9.17, 15) is 5.11 Å². The number of methoxy groups -OCH3 is 1. The second-order valence-electron chi connectivity index (χ2n) is 6.05. The number of hydrogen-bond acceptors (Lipinski definition) is 4. The molecule has 0 aliphatic carbocycles. The van der Waals surface area contributed by atoms with Crippen LogP contribution in [0.3, 0.4) is 0 Å². The maximum atomic E-state index is 9.24. The Kier molecular flexibility index (Phi) is 6.03. The first-order valence-corrected chi connectivity index (χ1v) is 10.0. The molecule has 1 aromatic heterocycles. The summed E-state index contributed by atoms with van der Waals surface area (Å²) in [6.07, 6.45) is 2.76. The second kappa shape index (κ2) is 8.43. The van der Waals surface area contributed by atoms with Crippen LogP contribution in [0.2, 0.25) is 0 Å². The van der Waals surface area contributed by atoms with Crippen LogP contribution in [0.4, 0.5) is 0 Å². The molecule has 0 fully saturated rings. The molecule has 25 heavy (non-hydrogen) atoms. The fourth-order valence-corrected chi connectivity index (χ4v) is 4.66. The van der Waals surface area contributed by atoms with E-state index in [1.165, 1.54) is 21.3 Å². The van der Waals surface area contributed by atoms with Crippen LogP contribution >= 0.6 is 0 Å². The van der Waals surface area contributed by atoms with E-state index in [2.05, 4.69) is 35.3 Å². The van der Waals surface area contributed by atoms with Crippen molar-refractivity contribution in [3.8, 4) is 5.75 Å². The number of hydrogen-bond donors (Lipinski definition) is 1. The molecule has 3 aromatic rings. The van der Waals surface area contributed by atoms with Crippen LogP contribution in [0.25, 0.3) is 0 Å². The van der Waals surface area contributed by atoms with Gasteiger partial charge in [0, 0.05) is 0 Å². The van der Waals surface area contributed by atoms with E-state index in [1.54, 1.807) is 7.11 Å². The molecule has 3 rings (SSSR count). The topological polar surface area (TPSA) is 55.2 Å². The molecule has 5 heteroatoms. The van der Waals surface area contributed by atoms with E-state index < -0.39 is 0 Å². The van der Waals surface area contributed by atoms with Crippen LogP contribution in [0, 0.1) is 6.92 Å². The van der Waals surface area contributed by atoms with E-state index in [1.807, 2.05) is 24.3 Å². The zero-order chi connectivity index (χ0) is 17.6. The molecule has 0 amide bonds. The van der Waals surface area contributed by atoms with Crippen LogP contribution in [-0.2, 0) is 25.9 Å². The Hall–Kier alpha value is -1.94. The molecule has 2 aromatic carbocycles. The van der Waals surface area contributed by atoms with Crippen molar-refractivity contribution in [1.29, 1.82) is 0 Å². The average Bonchev–Trinajstić information content (AvgIpc) is 3.07. The van der Waals surface area contributed by atoms with Gasteiger partial charge in [-0.15, -0.1) is 0 Å². The average molecular weight is 401 g/mol. The van der Waals surface area contributed by atoms with E-state index >= 15 is 0 Å². The van der Waals surface area contributed by atoms with Crippen molar-refractivity contribution in [3.05, 3.63) is 73.9 Å². The molecule has 0 spiro atoms. The van der Waals surface area contributed by atoms with Gasteiger partial charge in [0.1, 0.15) is 0 Å². The molecule has 0 atom stereocenters. The number of ether oxygens (including phenoxy) is 1. The molecule has 0 saturated heterocycles. The Labute approximate surface area is 154 Å². The predicted molar refractivity (Wildman–Crippen MR) is 99.3 cm³/mol. The minimum absolute atomic E-state index is 0.0779. The van der Waals surface area contributed by atoms with Gasteiger partial charge in [-0.2, -0.15) is 0 Å². The third kappa shape index (κ3) is 4.79. The molecule has 1 N–H and O–H groups in total. The molecule has 0 radical (unpaired) electrons. The van der Waals surface area contributed by atoms with Gasteiger partial charge >= 0.3 is 154 Å². The molecular formula is C20H22N2O2Se. The molecule has 0 saturated carbocycles. The van der Waals surface area contributed by atoms with Gasteiger partial charge in [-0.25, -0.2) is 0 Å². The van der Waals surface area contributed by atoms with Crippen molar-refractivity contribution in [2.24, 2.45) is 0 Å². The molecule has 0 bridgehead atoms. The van der Waals surface area contributed by atoms with Crippen LogP contribution in [0.15, 0.2) is 42.5 Å². The van der Waals surface area contributed by atoms with Gasteiger partial charge in [-0.3, -0.25) is 0 Å². The van der Waals surface area contributed by atoms with Crippen LogP contribution in [0.5, 0.6) is 5.75 Å². The van der Waals surface area contributed by atoms with Crippen LogP contribution in [0.1, 0.15) is 31.4 Å². The normalized spacial score (nSPS) is 10.8. The SMILES string of the molecule is COc1ccc(CCc2nnc(Cc3cccc(CO)c3)[se]2)cc1C. The van der Waals surface area contributed by atoms with E-state index in [0.29, 0.717) is 0 Å². The molecule has 0 aliphatic heterocycles. The number of benzene rings is 2. The number of aromatic nitrogens is 2. The Balaban J connectivity index is 1.60. The molecule has 0 aliphatic rings. The monoisotopic (exact) mass is 402 g/mol. The summed E-state index contributed by atoms with van der Waals surface area (Å²) in [6.45, 7) is 2.15. The summed E-state index contributed by atoms with van der Waals surface area (Å²) in [7, 11) is 1.70. The summed E-state index contributed by atoms with van der Waals surface area (Å²) >= 11 is 0.233. The first-order chi connectivity index (χ1) is 12.2. The summed E-state index contributed by atoms with van der Waals surface area (Å²) in [5.74, 6) is 0.932. The van der Waals surface area contributed by atoms with Gasteiger partial charge in [0.15, 0.2) is 0 Å². The van der Waals surface area contributed by atoms with Crippen molar-refractivity contribution >= 4 is 14.5 Å². The molecule has 0 unspecified atom stereocenters. The quantitative estimate of drug-likeness (QED) is 0.619. The van der Waals surface area contributed by atoms with Crippen molar-refractivity contribution in [2.45, 2.75) is 32.8 Å². The van der Waals surface area contributed by atoms with Crippen LogP contribution < -0.4 is 4.74 Å². The third-order valence-electron chi connectivity index (χ3n) is 4.12. The number of aryl methyl sites for hydroxylation is 3. The molecule has 4 nitrogen and oxygen atoms in total. The fraction of sp³-hybridized carbons (Fsp3) is 0.300. The van der Waals surface area contributed by atoms with Gasteiger partial charge in [0.25, 0.3) is 0 Å². The maximum absolute atomic E-state index is 9.24. The van der Waals surface area contributed by atoms with Gasteiger partial charge in [0.2, 0.25) is 0 Å². The summed E-state index contributed by atoms with van der Waals surface area (Å²) in [4.78, 5) is 0.